The van der Waals surface area contributed by atoms with Gasteiger partial charge >= 0.3 is 0 Å². The van der Waals surface area contributed by atoms with Gasteiger partial charge in [-0.15, -0.1) is 0 Å². The lowest BCUT2D eigenvalue weighted by Crippen LogP contribution is -2.62. The number of aromatic nitrogens is 3. The Morgan fingerprint density at radius 3 is 2.77 bits per heavy atom. The zero-order valence-corrected chi connectivity index (χ0v) is 20.8. The fourth-order valence-corrected chi connectivity index (χ4v) is 4.56. The Hall–Kier alpha value is -1.19. The van der Waals surface area contributed by atoms with Gasteiger partial charge < -0.3 is 24.6 Å². The summed E-state index contributed by atoms with van der Waals surface area (Å²) < 4.78 is 7.90. The number of rotatable bonds is 8. The lowest BCUT2D eigenvalue weighted by molar-refractivity contribution is -0.0231. The van der Waals surface area contributed by atoms with Crippen LogP contribution in [0, 0.1) is 5.92 Å². The van der Waals surface area contributed by atoms with Crippen LogP contribution in [0.3, 0.4) is 0 Å². The van der Waals surface area contributed by atoms with Gasteiger partial charge in [0.1, 0.15) is 18.2 Å². The van der Waals surface area contributed by atoms with Crippen molar-refractivity contribution in [3.05, 3.63) is 17.5 Å². The second-order valence-corrected chi connectivity index (χ2v) is 16.0. The smallest absolute Gasteiger partial charge is 0.226 e. The molecule has 1 saturated heterocycles. The highest BCUT2D eigenvalue weighted by Crippen LogP contribution is 2.30. The number of nitrogens with zero attached hydrogens (tertiary/aromatic N) is 4. The van der Waals surface area contributed by atoms with E-state index < -0.39 is 13.7 Å². The first-order valence-electron chi connectivity index (χ1n) is 10.8. The van der Waals surface area contributed by atoms with Crippen molar-refractivity contribution in [1.29, 1.82) is 0 Å². The zero-order valence-electron chi connectivity index (χ0n) is 19.1. The second kappa shape index (κ2) is 9.12. The van der Waals surface area contributed by atoms with Gasteiger partial charge in [-0.25, -0.2) is 0 Å². The molecule has 0 bridgehead atoms. The quantitative estimate of drug-likeness (QED) is 0.361. The van der Waals surface area contributed by atoms with Gasteiger partial charge in [-0.2, -0.15) is 9.97 Å². The van der Waals surface area contributed by atoms with Crippen LogP contribution in [0.25, 0.3) is 11.0 Å². The average Bonchev–Trinajstić information content (AvgIpc) is 3.06. The van der Waals surface area contributed by atoms with E-state index in [0.717, 1.165) is 42.6 Å². The molecule has 7 nitrogen and oxygen atoms in total. The molecule has 0 radical (unpaired) electrons. The van der Waals surface area contributed by atoms with Crippen molar-refractivity contribution in [3.8, 4) is 0 Å². The minimum Gasteiger partial charge on any atom is -0.388 e. The van der Waals surface area contributed by atoms with Crippen LogP contribution in [0.15, 0.2) is 12.3 Å². The van der Waals surface area contributed by atoms with E-state index >= 15 is 0 Å². The molecule has 2 N–H and O–H groups in total. The molecule has 3 heterocycles. The highest BCUT2D eigenvalue weighted by atomic mass is 35.5. The molecule has 1 aliphatic rings. The third kappa shape index (κ3) is 5.34. The maximum atomic E-state index is 11.0. The third-order valence-electron chi connectivity index (χ3n) is 6.15. The monoisotopic (exact) mass is 453 g/mol. The standard InChI is InChI=1S/C21H36ClN5O2Si/c1-15(2)21(3,28)17-13-26(10-8-23-17)18-16-7-9-27(19(16)25-20(22)24-18)14-29-11-12-30(4,5)6/h7,9,15,17,23,28H,8,10-14H2,1-6H3/t17-,21+/m0/s1. The Balaban J connectivity index is 1.80. The summed E-state index contributed by atoms with van der Waals surface area (Å²) in [7, 11) is -1.12. The maximum absolute atomic E-state index is 11.0. The molecule has 0 unspecified atom stereocenters. The summed E-state index contributed by atoms with van der Waals surface area (Å²) in [5, 5.41) is 15.6. The molecular weight excluding hydrogens is 418 g/mol. The van der Waals surface area contributed by atoms with E-state index in [0.29, 0.717) is 13.3 Å². The van der Waals surface area contributed by atoms with Crippen LogP contribution in [0.1, 0.15) is 20.8 Å². The third-order valence-corrected chi connectivity index (χ3v) is 8.02. The molecule has 0 amide bonds. The number of ether oxygens (including phenoxy) is 1. The molecule has 0 aromatic carbocycles. The Morgan fingerprint density at radius 1 is 1.37 bits per heavy atom. The van der Waals surface area contributed by atoms with Crippen molar-refractivity contribution in [1.82, 2.24) is 19.9 Å². The van der Waals surface area contributed by atoms with Gasteiger partial charge in [0.05, 0.1) is 17.0 Å². The zero-order chi connectivity index (χ0) is 22.1. The summed E-state index contributed by atoms with van der Waals surface area (Å²) in [4.78, 5) is 11.2. The first kappa shape index (κ1) is 23.5. The van der Waals surface area contributed by atoms with Gasteiger partial charge in [-0.1, -0.05) is 33.5 Å². The van der Waals surface area contributed by atoms with Crippen molar-refractivity contribution in [2.45, 2.75) is 64.8 Å². The summed E-state index contributed by atoms with van der Waals surface area (Å²) in [6, 6.07) is 3.10. The van der Waals surface area contributed by atoms with Gasteiger partial charge in [0.25, 0.3) is 0 Å². The number of hydrogen-bond acceptors (Lipinski definition) is 6. The van der Waals surface area contributed by atoms with E-state index in [9.17, 15) is 5.11 Å². The number of hydrogen-bond donors (Lipinski definition) is 2. The van der Waals surface area contributed by atoms with E-state index in [-0.39, 0.29) is 17.2 Å². The summed E-state index contributed by atoms with van der Waals surface area (Å²) in [5.41, 5.74) is -0.0335. The molecule has 168 valence electrons. The lowest BCUT2D eigenvalue weighted by Gasteiger charge is -2.43. The second-order valence-electron chi connectivity index (χ2n) is 10.0. The van der Waals surface area contributed by atoms with Crippen LogP contribution >= 0.6 is 11.6 Å². The predicted molar refractivity (Wildman–Crippen MR) is 126 cm³/mol. The van der Waals surface area contributed by atoms with E-state index in [2.05, 4.69) is 39.8 Å². The average molecular weight is 454 g/mol. The maximum Gasteiger partial charge on any atom is 0.226 e. The predicted octanol–water partition coefficient (Wildman–Crippen LogP) is 3.58. The van der Waals surface area contributed by atoms with Gasteiger partial charge in [0, 0.05) is 40.5 Å². The summed E-state index contributed by atoms with van der Waals surface area (Å²) in [6.07, 6.45) is 1.98. The van der Waals surface area contributed by atoms with Gasteiger partial charge in [-0.3, -0.25) is 0 Å². The van der Waals surface area contributed by atoms with Crippen molar-refractivity contribution in [3.63, 3.8) is 0 Å². The number of anilines is 1. The van der Waals surface area contributed by atoms with Crippen LogP contribution in [-0.4, -0.2) is 65.6 Å². The van der Waals surface area contributed by atoms with Crippen LogP contribution in [0.2, 0.25) is 31.0 Å². The number of nitrogens with one attached hydrogen (secondary N) is 1. The minimum absolute atomic E-state index is 0.0537. The summed E-state index contributed by atoms with van der Waals surface area (Å²) in [6.45, 7) is 16.5. The molecule has 30 heavy (non-hydrogen) atoms. The lowest BCUT2D eigenvalue weighted by atomic mass is 9.84. The molecule has 0 saturated carbocycles. The molecule has 0 aliphatic carbocycles. The number of aliphatic hydroxyl groups is 1. The normalized spacial score (nSPS) is 20.2. The van der Waals surface area contributed by atoms with Crippen molar-refractivity contribution < 1.29 is 9.84 Å². The first-order chi connectivity index (χ1) is 14.0. The Bertz CT molecular complexity index is 865. The molecule has 2 aromatic heterocycles. The van der Waals surface area contributed by atoms with E-state index in [1.54, 1.807) is 0 Å². The fourth-order valence-electron chi connectivity index (χ4n) is 3.65. The van der Waals surface area contributed by atoms with Gasteiger partial charge in [0.15, 0.2) is 0 Å². The Morgan fingerprint density at radius 2 is 2.10 bits per heavy atom. The molecule has 2 aromatic rings. The molecule has 3 rings (SSSR count). The Labute approximate surface area is 185 Å². The molecular formula is C21H36ClN5O2Si. The van der Waals surface area contributed by atoms with Crippen LogP contribution in [0.4, 0.5) is 5.82 Å². The number of piperazine rings is 1. The number of fused-ring (bicyclic) bond motifs is 1. The van der Waals surface area contributed by atoms with E-state index in [4.69, 9.17) is 16.3 Å². The van der Waals surface area contributed by atoms with Crippen LogP contribution < -0.4 is 10.2 Å². The van der Waals surface area contributed by atoms with Crippen molar-refractivity contribution >= 4 is 36.5 Å². The van der Waals surface area contributed by atoms with Crippen molar-refractivity contribution in [2.75, 3.05) is 31.1 Å². The topological polar surface area (TPSA) is 75.4 Å². The molecule has 1 fully saturated rings. The highest BCUT2D eigenvalue weighted by molar-refractivity contribution is 6.76. The molecule has 1 aliphatic heterocycles. The van der Waals surface area contributed by atoms with Crippen molar-refractivity contribution in [2.24, 2.45) is 5.92 Å². The summed E-state index contributed by atoms with van der Waals surface area (Å²) >= 11 is 6.31. The Kier molecular flexibility index (Phi) is 7.14. The van der Waals surface area contributed by atoms with E-state index in [1.165, 1.54) is 0 Å². The first-order valence-corrected chi connectivity index (χ1v) is 14.9. The SMILES string of the molecule is CC(C)[C@@](C)(O)[C@@H]1CN(c2nc(Cl)nc3c2ccn3COCC[Si](C)(C)C)CCN1. The van der Waals surface area contributed by atoms with Crippen LogP contribution in [-0.2, 0) is 11.5 Å². The number of halogens is 1. The fraction of sp³-hybridized carbons (Fsp3) is 0.714. The molecule has 0 spiro atoms. The highest BCUT2D eigenvalue weighted by Gasteiger charge is 2.38. The largest absolute Gasteiger partial charge is 0.388 e. The molecule has 2 atom stereocenters. The van der Waals surface area contributed by atoms with E-state index in [1.807, 2.05) is 37.6 Å². The van der Waals surface area contributed by atoms with Crippen LogP contribution in [0.5, 0.6) is 0 Å². The molecule has 9 heteroatoms. The minimum atomic E-state index is -1.12. The van der Waals surface area contributed by atoms with Gasteiger partial charge in [-0.05, 0) is 36.6 Å². The summed E-state index contributed by atoms with van der Waals surface area (Å²) in [5.74, 6) is 0.954. The van der Waals surface area contributed by atoms with Gasteiger partial charge in [0.2, 0.25) is 5.28 Å².